The molecule has 1 spiro atoms. The van der Waals surface area contributed by atoms with Crippen LogP contribution in [0.4, 0.5) is 0 Å². The van der Waals surface area contributed by atoms with Crippen molar-refractivity contribution in [3.63, 3.8) is 0 Å². The number of β-amino-alcohol motifs (C(OH)–C–C–N with tert-alkyl or cyclic N) is 1. The van der Waals surface area contributed by atoms with Crippen molar-refractivity contribution in [2.24, 2.45) is 5.41 Å². The largest absolute Gasteiger partial charge is 0.427 e. The number of nitrogens with one attached hydrogen (secondary N) is 1. The first-order valence-electron chi connectivity index (χ1n) is 10.8. The van der Waals surface area contributed by atoms with E-state index in [2.05, 4.69) is 5.32 Å². The van der Waals surface area contributed by atoms with Crippen LogP contribution >= 0.6 is 0 Å². The fourth-order valence-corrected chi connectivity index (χ4v) is 4.71. The second-order valence-electron chi connectivity index (χ2n) is 8.68. The zero-order chi connectivity index (χ0) is 22.0. The molecule has 3 heterocycles. The molecule has 2 aliphatic heterocycles. The van der Waals surface area contributed by atoms with E-state index in [0.717, 1.165) is 12.0 Å². The Bertz CT molecular complexity index is 1020. The summed E-state index contributed by atoms with van der Waals surface area (Å²) in [5, 5.41) is 12.7. The molecule has 2 amide bonds. The first kappa shape index (κ1) is 21.3. The van der Waals surface area contributed by atoms with Crippen LogP contribution in [0.3, 0.4) is 0 Å². The molecular formula is C24H28N2O5. The molecule has 2 N–H and O–H groups in total. The molecule has 4 rings (SSSR count). The van der Waals surface area contributed by atoms with Crippen LogP contribution in [0.2, 0.25) is 0 Å². The van der Waals surface area contributed by atoms with Crippen molar-refractivity contribution in [1.82, 2.24) is 10.2 Å². The summed E-state index contributed by atoms with van der Waals surface area (Å²) in [5.74, 6) is 0.157. The van der Waals surface area contributed by atoms with E-state index in [-0.39, 0.29) is 23.9 Å². The van der Waals surface area contributed by atoms with Gasteiger partial charge in [0, 0.05) is 26.1 Å². The maximum Gasteiger partial charge on any atom is 0.349 e. The third kappa shape index (κ3) is 4.42. The van der Waals surface area contributed by atoms with E-state index in [1.54, 1.807) is 17.9 Å². The fraction of sp³-hybridized carbons (Fsp3) is 0.458. The van der Waals surface area contributed by atoms with Crippen LogP contribution in [0.15, 0.2) is 45.6 Å². The molecule has 0 bridgehead atoms. The Morgan fingerprint density at radius 2 is 1.90 bits per heavy atom. The first-order chi connectivity index (χ1) is 14.9. The Labute approximate surface area is 181 Å². The Kier molecular flexibility index (Phi) is 5.96. The van der Waals surface area contributed by atoms with Gasteiger partial charge in [0.15, 0.2) is 0 Å². The first-order valence-corrected chi connectivity index (χ1v) is 10.8. The Balaban J connectivity index is 1.44. The molecule has 1 unspecified atom stereocenters. The van der Waals surface area contributed by atoms with Crippen molar-refractivity contribution in [3.05, 3.63) is 69.3 Å². The molecule has 31 heavy (non-hydrogen) atoms. The summed E-state index contributed by atoms with van der Waals surface area (Å²) in [6.45, 7) is 2.77. The third-order valence-electron chi connectivity index (χ3n) is 6.53. The van der Waals surface area contributed by atoms with Crippen LogP contribution in [-0.4, -0.2) is 47.6 Å². The summed E-state index contributed by atoms with van der Waals surface area (Å²) in [7, 11) is 0. The maximum absolute atomic E-state index is 13.1. The van der Waals surface area contributed by atoms with Crippen molar-refractivity contribution < 1.29 is 19.1 Å². The predicted octanol–water partition coefficient (Wildman–Crippen LogP) is 1.84. The number of aliphatic hydroxyl groups excluding tert-OH is 1. The number of aliphatic hydroxyl groups is 1. The number of hydrogen-bond acceptors (Lipinski definition) is 5. The van der Waals surface area contributed by atoms with E-state index in [1.807, 2.05) is 30.3 Å². The summed E-state index contributed by atoms with van der Waals surface area (Å²) in [4.78, 5) is 39.7. The molecule has 164 valence electrons. The summed E-state index contributed by atoms with van der Waals surface area (Å²) in [6, 6.07) is 11.7. The van der Waals surface area contributed by atoms with Crippen molar-refractivity contribution in [2.75, 3.05) is 19.6 Å². The van der Waals surface area contributed by atoms with Crippen LogP contribution in [0.1, 0.15) is 46.5 Å². The van der Waals surface area contributed by atoms with Crippen LogP contribution in [0.25, 0.3) is 0 Å². The molecule has 1 aromatic heterocycles. The number of nitrogens with zero attached hydrogens (tertiary/aromatic N) is 1. The quantitative estimate of drug-likeness (QED) is 0.780. The summed E-state index contributed by atoms with van der Waals surface area (Å²) in [6.07, 6.45) is 2.13. The Morgan fingerprint density at radius 1 is 1.19 bits per heavy atom. The fourth-order valence-electron chi connectivity index (χ4n) is 4.71. The smallest absolute Gasteiger partial charge is 0.349 e. The zero-order valence-electron chi connectivity index (χ0n) is 17.7. The lowest BCUT2D eigenvalue weighted by atomic mass is 9.71. The monoisotopic (exact) mass is 424 g/mol. The highest BCUT2D eigenvalue weighted by Gasteiger charge is 2.46. The van der Waals surface area contributed by atoms with Crippen LogP contribution in [0.5, 0.6) is 0 Å². The van der Waals surface area contributed by atoms with Gasteiger partial charge in [-0.25, -0.2) is 4.79 Å². The molecule has 2 saturated heterocycles. The van der Waals surface area contributed by atoms with Crippen molar-refractivity contribution in [2.45, 2.75) is 45.1 Å². The normalized spacial score (nSPS) is 20.5. The molecule has 2 aliphatic rings. The maximum atomic E-state index is 13.1. The second kappa shape index (κ2) is 8.67. The van der Waals surface area contributed by atoms with Gasteiger partial charge in [0.2, 0.25) is 5.91 Å². The minimum atomic E-state index is -0.630. The molecular weight excluding hydrogens is 396 g/mol. The summed E-state index contributed by atoms with van der Waals surface area (Å²) in [5.41, 5.74) is 0.583. The van der Waals surface area contributed by atoms with Gasteiger partial charge < -0.3 is 19.7 Å². The van der Waals surface area contributed by atoms with E-state index < -0.39 is 17.1 Å². The van der Waals surface area contributed by atoms with Gasteiger partial charge in [-0.3, -0.25) is 9.59 Å². The van der Waals surface area contributed by atoms with Crippen molar-refractivity contribution >= 4 is 11.8 Å². The molecule has 0 saturated carbocycles. The van der Waals surface area contributed by atoms with Gasteiger partial charge in [0.25, 0.3) is 5.91 Å². The Morgan fingerprint density at radius 3 is 2.58 bits per heavy atom. The highest BCUT2D eigenvalue weighted by molar-refractivity contribution is 5.95. The van der Waals surface area contributed by atoms with Crippen LogP contribution < -0.4 is 10.9 Å². The average Bonchev–Trinajstić information content (AvgIpc) is 2.76. The number of rotatable bonds is 4. The molecule has 2 fully saturated rings. The number of benzene rings is 1. The minimum Gasteiger partial charge on any atom is -0.427 e. The highest BCUT2D eigenvalue weighted by Crippen LogP contribution is 2.38. The van der Waals surface area contributed by atoms with Crippen LogP contribution in [-0.2, 0) is 17.6 Å². The topological polar surface area (TPSA) is 99.8 Å². The zero-order valence-corrected chi connectivity index (χ0v) is 17.7. The van der Waals surface area contributed by atoms with Gasteiger partial charge in [0.05, 0.1) is 11.5 Å². The lowest BCUT2D eigenvalue weighted by molar-refractivity contribution is -0.140. The molecule has 0 radical (unpaired) electrons. The number of likely N-dealkylation sites (tertiary alicyclic amines) is 1. The van der Waals surface area contributed by atoms with E-state index in [0.29, 0.717) is 50.1 Å². The lowest BCUT2D eigenvalue weighted by Crippen LogP contribution is -2.56. The molecule has 2 aromatic rings. The molecule has 1 atom stereocenters. The van der Waals surface area contributed by atoms with E-state index in [1.165, 1.54) is 0 Å². The number of carbonyl (C=O) groups is 2. The van der Waals surface area contributed by atoms with Crippen molar-refractivity contribution in [3.8, 4) is 0 Å². The third-order valence-corrected chi connectivity index (χ3v) is 6.53. The number of carbonyl (C=O) groups excluding carboxylic acids is 2. The number of aryl methyl sites for hydroxylation is 3. The van der Waals surface area contributed by atoms with Gasteiger partial charge >= 0.3 is 5.63 Å². The molecule has 7 nitrogen and oxygen atoms in total. The molecule has 0 aliphatic carbocycles. The molecule has 1 aromatic carbocycles. The standard InChI is InChI=1S/C24H28N2O5/c1-16-13-19(8-7-17-5-3-2-4-6-17)31-22(29)20(16)21(28)26-11-9-24(10-12-26)14-18(27)15-25-23(24)30/h2-6,13,18,27H,7-12,14-15H2,1H3,(H,25,30). The van der Waals surface area contributed by atoms with Gasteiger partial charge in [0.1, 0.15) is 11.3 Å². The lowest BCUT2D eigenvalue weighted by Gasteiger charge is -2.44. The predicted molar refractivity (Wildman–Crippen MR) is 115 cm³/mol. The SMILES string of the molecule is Cc1cc(CCc2ccccc2)oc(=O)c1C(=O)N1CCC2(CC1)CC(O)CNC2=O. The van der Waals surface area contributed by atoms with Gasteiger partial charge in [-0.15, -0.1) is 0 Å². The average molecular weight is 424 g/mol. The van der Waals surface area contributed by atoms with Crippen molar-refractivity contribution in [1.29, 1.82) is 0 Å². The number of amides is 2. The van der Waals surface area contributed by atoms with E-state index >= 15 is 0 Å². The number of hydrogen-bond donors (Lipinski definition) is 2. The van der Waals surface area contributed by atoms with Gasteiger partial charge in [-0.1, -0.05) is 30.3 Å². The Hall–Kier alpha value is -2.93. The highest BCUT2D eigenvalue weighted by atomic mass is 16.4. The molecule has 7 heteroatoms. The van der Waals surface area contributed by atoms with Gasteiger partial charge in [-0.05, 0) is 49.8 Å². The van der Waals surface area contributed by atoms with E-state index in [4.69, 9.17) is 4.42 Å². The minimum absolute atomic E-state index is 0.0524. The van der Waals surface area contributed by atoms with E-state index in [9.17, 15) is 19.5 Å². The summed E-state index contributed by atoms with van der Waals surface area (Å²) < 4.78 is 5.46. The van der Waals surface area contributed by atoms with Crippen LogP contribution in [0, 0.1) is 12.3 Å². The number of piperidine rings is 2. The summed E-state index contributed by atoms with van der Waals surface area (Å²) >= 11 is 0. The van der Waals surface area contributed by atoms with Gasteiger partial charge in [-0.2, -0.15) is 0 Å². The second-order valence-corrected chi connectivity index (χ2v) is 8.68.